The van der Waals surface area contributed by atoms with Gasteiger partial charge < -0.3 is 14.4 Å². The van der Waals surface area contributed by atoms with Gasteiger partial charge in [-0.25, -0.2) is 4.79 Å². The van der Waals surface area contributed by atoms with Gasteiger partial charge in [0.15, 0.2) is 0 Å². The monoisotopic (exact) mass is 629 g/mol. The van der Waals surface area contributed by atoms with Crippen LogP contribution in [0.2, 0.25) is 19.6 Å². The van der Waals surface area contributed by atoms with E-state index in [9.17, 15) is 9.59 Å². The van der Waals surface area contributed by atoms with E-state index in [1.807, 2.05) is 36.6 Å². The fraction of sp³-hybridized carbons (Fsp3) is 0.568. The first kappa shape index (κ1) is 33.1. The van der Waals surface area contributed by atoms with Gasteiger partial charge in [0, 0.05) is 18.5 Å². The van der Waals surface area contributed by atoms with Crippen molar-refractivity contribution in [2.75, 3.05) is 13.7 Å². The van der Waals surface area contributed by atoms with Crippen LogP contribution in [0.4, 0.5) is 4.79 Å². The van der Waals surface area contributed by atoms with Crippen molar-refractivity contribution in [1.29, 1.82) is 0 Å². The minimum absolute atomic E-state index is 0.0668. The maximum absolute atomic E-state index is 14.0. The van der Waals surface area contributed by atoms with Gasteiger partial charge >= 0.3 is 6.09 Å². The van der Waals surface area contributed by atoms with Gasteiger partial charge in [0.05, 0.1) is 19.3 Å². The van der Waals surface area contributed by atoms with Crippen LogP contribution in [0, 0.1) is 17.4 Å². The Bertz CT molecular complexity index is 1450. The molecule has 8 heteroatoms. The summed E-state index contributed by atoms with van der Waals surface area (Å²) in [5.41, 5.74) is 7.02. The quantitative estimate of drug-likeness (QED) is 0.183. The van der Waals surface area contributed by atoms with Crippen molar-refractivity contribution < 1.29 is 19.1 Å². The summed E-state index contributed by atoms with van der Waals surface area (Å²) in [6.07, 6.45) is 5.53. The molecule has 4 aliphatic rings. The maximum atomic E-state index is 14.0. The zero-order valence-electron chi connectivity index (χ0n) is 28.5. The Labute approximate surface area is 271 Å². The number of rotatable bonds is 9. The Kier molecular flexibility index (Phi) is 9.44. The molecule has 3 saturated carbocycles. The molecule has 1 aliphatic heterocycles. The highest BCUT2D eigenvalue weighted by molar-refractivity contribution is 6.84. The second kappa shape index (κ2) is 12.8. The number of amides is 2. The average molecular weight is 630 g/mol. The largest absolute Gasteiger partial charge is 0.497 e. The summed E-state index contributed by atoms with van der Waals surface area (Å²) in [6.45, 7) is 15.7. The lowest BCUT2D eigenvalue weighted by Gasteiger charge is -2.65. The van der Waals surface area contributed by atoms with Gasteiger partial charge in [-0.15, -0.1) is 5.54 Å². The maximum Gasteiger partial charge on any atom is 0.411 e. The molecule has 3 fully saturated rings. The molecule has 2 aromatic rings. The van der Waals surface area contributed by atoms with E-state index in [1.54, 1.807) is 7.11 Å². The molecule has 0 spiro atoms. The summed E-state index contributed by atoms with van der Waals surface area (Å²) in [5.74, 6) is 4.45. The van der Waals surface area contributed by atoms with Crippen LogP contribution < -0.4 is 10.1 Å². The first-order valence-electron chi connectivity index (χ1n) is 16.6. The summed E-state index contributed by atoms with van der Waals surface area (Å²) in [4.78, 5) is 31.3. The molecular formula is C37H51N3O4Si. The van der Waals surface area contributed by atoms with E-state index < -0.39 is 13.7 Å². The Morgan fingerprint density at radius 1 is 1.09 bits per heavy atom. The fourth-order valence-electron chi connectivity index (χ4n) is 6.80. The minimum Gasteiger partial charge on any atom is -0.497 e. The summed E-state index contributed by atoms with van der Waals surface area (Å²) < 4.78 is 11.4. The molecule has 6 rings (SSSR count). The highest BCUT2D eigenvalue weighted by atomic mass is 28.3. The molecule has 3 aliphatic carbocycles. The van der Waals surface area contributed by atoms with Gasteiger partial charge in [-0.1, -0.05) is 63.3 Å². The number of hydrogen-bond donors (Lipinski definition) is 1. The van der Waals surface area contributed by atoms with Gasteiger partial charge in [-0.2, -0.15) is 0 Å². The number of fused-ring (bicyclic) bond motifs is 1. The zero-order valence-corrected chi connectivity index (χ0v) is 29.5. The van der Waals surface area contributed by atoms with Crippen LogP contribution in [0.5, 0.6) is 5.75 Å². The second-order valence-electron chi connectivity index (χ2n) is 15.2. The Morgan fingerprint density at radius 2 is 1.78 bits per heavy atom. The predicted octanol–water partition coefficient (Wildman–Crippen LogP) is 7.06. The number of methoxy groups -OCH3 is 1. The molecule has 0 unspecified atom stereocenters. The number of unbranched alkanes of at least 4 members (excludes halogenated alkanes) is 1. The third kappa shape index (κ3) is 7.42. The van der Waals surface area contributed by atoms with Crippen LogP contribution in [0.25, 0.3) is 0 Å². The first-order valence-corrected chi connectivity index (χ1v) is 20.1. The second-order valence-corrected chi connectivity index (χ2v) is 20.0. The Morgan fingerprint density at radius 3 is 2.33 bits per heavy atom. The van der Waals surface area contributed by atoms with Crippen LogP contribution >= 0.6 is 0 Å². The van der Waals surface area contributed by atoms with Gasteiger partial charge in [0.1, 0.15) is 19.4 Å². The van der Waals surface area contributed by atoms with E-state index >= 15 is 0 Å². The first-order chi connectivity index (χ1) is 21.2. The number of ether oxygens (including phenoxy) is 2. The van der Waals surface area contributed by atoms with Crippen molar-refractivity contribution in [3.63, 3.8) is 0 Å². The average Bonchev–Trinajstić information content (AvgIpc) is 2.92. The van der Waals surface area contributed by atoms with Gasteiger partial charge in [0.2, 0.25) is 0 Å². The SMILES string of the molecule is CCCCN[C@H]1Cc2cc(OC)ccc2[C@H](c2ccc(CN(C(=O)OC(C)(C)C)C34CC(C3)C4)cc2)N1C(=O)C#C[Si](C)(C)C. The van der Waals surface area contributed by atoms with Crippen molar-refractivity contribution >= 4 is 20.1 Å². The Hall–Kier alpha value is -3.28. The van der Waals surface area contributed by atoms with E-state index in [0.717, 1.165) is 67.0 Å². The van der Waals surface area contributed by atoms with Crippen LogP contribution in [0.3, 0.4) is 0 Å². The molecule has 0 radical (unpaired) electrons. The van der Waals surface area contributed by atoms with E-state index in [2.05, 4.69) is 79.7 Å². The molecule has 0 saturated heterocycles. The number of carbonyl (C=O) groups is 2. The molecule has 7 nitrogen and oxygen atoms in total. The standard InChI is InChI=1S/C37H51N3O4Si/c1-9-10-18-38-32-21-29-20-30(43-5)15-16-31(29)34(40(32)33(41)17-19-45(6,7)8)28-13-11-26(12-14-28)25-39(35(42)44-36(2,3)4)37-22-27(23-37)24-37/h11-16,20,27,32,34,38H,9-10,18,21-25H2,1-8H3/t27?,32-,34+,37?/m1/s1. The summed E-state index contributed by atoms with van der Waals surface area (Å²) in [7, 11) is -0.0810. The molecule has 1 N–H and O–H groups in total. The van der Waals surface area contributed by atoms with Gasteiger partial charge in [-0.3, -0.25) is 15.0 Å². The zero-order chi connectivity index (χ0) is 32.6. The molecule has 2 amide bonds. The smallest absolute Gasteiger partial charge is 0.411 e. The van der Waals surface area contributed by atoms with Crippen molar-refractivity contribution in [3.8, 4) is 17.2 Å². The predicted molar refractivity (Wildman–Crippen MR) is 181 cm³/mol. The van der Waals surface area contributed by atoms with Crippen molar-refractivity contribution in [2.24, 2.45) is 5.92 Å². The molecule has 2 aromatic carbocycles. The van der Waals surface area contributed by atoms with Crippen LogP contribution in [-0.4, -0.2) is 60.8 Å². The molecule has 2 atom stereocenters. The number of carbonyl (C=O) groups excluding carboxylic acids is 2. The van der Waals surface area contributed by atoms with Crippen molar-refractivity contribution in [2.45, 2.75) is 116 Å². The van der Waals surface area contributed by atoms with Crippen molar-refractivity contribution in [3.05, 3.63) is 64.7 Å². The number of benzene rings is 2. The molecular weight excluding hydrogens is 579 g/mol. The topological polar surface area (TPSA) is 71.1 Å². The van der Waals surface area contributed by atoms with E-state index in [4.69, 9.17) is 9.47 Å². The molecule has 2 bridgehead atoms. The van der Waals surface area contributed by atoms with Gasteiger partial charge in [0.25, 0.3) is 5.91 Å². The summed E-state index contributed by atoms with van der Waals surface area (Å²) >= 11 is 0. The van der Waals surface area contributed by atoms with Gasteiger partial charge in [-0.05, 0) is 99.2 Å². The molecule has 1 heterocycles. The highest BCUT2D eigenvalue weighted by Crippen LogP contribution is 2.61. The van der Waals surface area contributed by atoms with E-state index in [0.29, 0.717) is 13.0 Å². The third-order valence-electron chi connectivity index (χ3n) is 9.19. The number of hydrogen-bond acceptors (Lipinski definition) is 5. The number of nitrogens with zero attached hydrogens (tertiary/aromatic N) is 2. The van der Waals surface area contributed by atoms with Crippen LogP contribution in [-0.2, 0) is 22.5 Å². The number of nitrogens with one attached hydrogen (secondary N) is 1. The summed E-state index contributed by atoms with van der Waals surface area (Å²) in [6, 6.07) is 14.3. The molecule has 242 valence electrons. The normalized spacial score (nSPS) is 23.5. The minimum atomic E-state index is -1.77. The van der Waals surface area contributed by atoms with Crippen molar-refractivity contribution in [1.82, 2.24) is 15.1 Å². The van der Waals surface area contributed by atoms with E-state index in [-0.39, 0.29) is 29.7 Å². The Balaban J connectivity index is 1.50. The van der Waals surface area contributed by atoms with E-state index in [1.165, 1.54) is 5.56 Å². The summed E-state index contributed by atoms with van der Waals surface area (Å²) in [5, 5.41) is 3.68. The van der Waals surface area contributed by atoms with Crippen LogP contribution in [0.15, 0.2) is 42.5 Å². The molecule has 45 heavy (non-hydrogen) atoms. The lowest BCUT2D eigenvalue weighted by atomic mass is 9.49. The van der Waals surface area contributed by atoms with Crippen LogP contribution in [0.1, 0.15) is 88.1 Å². The highest BCUT2D eigenvalue weighted by Gasteiger charge is 2.61. The fourth-order valence-corrected chi connectivity index (χ4v) is 7.29. The molecule has 0 aromatic heterocycles. The lowest BCUT2D eigenvalue weighted by Crippen LogP contribution is -2.69. The lowest BCUT2D eigenvalue weighted by molar-refractivity contribution is -0.141. The third-order valence-corrected chi connectivity index (χ3v) is 10.1.